The molecule has 5 nitrogen and oxygen atoms in total. The molecule has 0 saturated heterocycles. The number of amides is 1. The first-order chi connectivity index (χ1) is 9.20. The van der Waals surface area contributed by atoms with Crippen molar-refractivity contribution in [1.82, 2.24) is 9.78 Å². The second kappa shape index (κ2) is 4.55. The number of nitrogens with zero attached hydrogens (tertiary/aromatic N) is 2. The highest BCUT2D eigenvalue weighted by atomic mass is 19.4. The predicted octanol–water partition coefficient (Wildman–Crippen LogP) is 1.79. The predicted molar refractivity (Wildman–Crippen MR) is 66.6 cm³/mol. The highest BCUT2D eigenvalue weighted by Gasteiger charge is 2.34. The molecule has 0 spiro atoms. The molecule has 1 aromatic heterocycles. The van der Waals surface area contributed by atoms with E-state index in [2.05, 4.69) is 5.10 Å². The number of anilines is 1. The lowest BCUT2D eigenvalue weighted by atomic mass is 10.1. The SMILES string of the molecule is Cn1nc(C(F)(F)F)cc1-c1ccc(C(N)=O)cc1N. The lowest BCUT2D eigenvalue weighted by Crippen LogP contribution is -2.11. The first kappa shape index (κ1) is 13.9. The second-order valence-electron chi connectivity index (χ2n) is 4.20. The van der Waals surface area contributed by atoms with E-state index in [1.165, 1.54) is 25.2 Å². The molecule has 1 amide bonds. The Morgan fingerprint density at radius 3 is 2.40 bits per heavy atom. The summed E-state index contributed by atoms with van der Waals surface area (Å²) in [5.74, 6) is -0.663. The number of carbonyl (C=O) groups is 1. The highest BCUT2D eigenvalue weighted by molar-refractivity contribution is 5.95. The Kier molecular flexibility index (Phi) is 3.16. The van der Waals surface area contributed by atoms with Gasteiger partial charge in [0, 0.05) is 23.9 Å². The maximum absolute atomic E-state index is 12.6. The zero-order chi connectivity index (χ0) is 15.1. The van der Waals surface area contributed by atoms with Crippen molar-refractivity contribution in [3.8, 4) is 11.3 Å². The van der Waals surface area contributed by atoms with E-state index in [0.29, 0.717) is 5.56 Å². The van der Waals surface area contributed by atoms with Gasteiger partial charge in [0.05, 0.1) is 5.69 Å². The largest absolute Gasteiger partial charge is 0.435 e. The summed E-state index contributed by atoms with van der Waals surface area (Å²) in [6, 6.07) is 5.05. The molecule has 1 heterocycles. The van der Waals surface area contributed by atoms with E-state index in [0.717, 1.165) is 10.7 Å². The Labute approximate surface area is 112 Å². The fourth-order valence-electron chi connectivity index (χ4n) is 1.81. The van der Waals surface area contributed by atoms with Gasteiger partial charge in [0.1, 0.15) is 0 Å². The Hall–Kier alpha value is -2.51. The lowest BCUT2D eigenvalue weighted by molar-refractivity contribution is -0.141. The number of rotatable bonds is 2. The van der Waals surface area contributed by atoms with Crippen molar-refractivity contribution in [1.29, 1.82) is 0 Å². The van der Waals surface area contributed by atoms with Crippen molar-refractivity contribution < 1.29 is 18.0 Å². The number of nitrogen functional groups attached to an aromatic ring is 1. The minimum Gasteiger partial charge on any atom is -0.398 e. The summed E-state index contributed by atoms with van der Waals surface area (Å²) in [7, 11) is 1.38. The molecule has 1 aromatic carbocycles. The number of alkyl halides is 3. The van der Waals surface area contributed by atoms with E-state index in [9.17, 15) is 18.0 Å². The average Bonchev–Trinajstić information content (AvgIpc) is 2.71. The van der Waals surface area contributed by atoms with Crippen LogP contribution in [0.2, 0.25) is 0 Å². The molecule has 0 bridgehead atoms. The molecule has 2 rings (SSSR count). The molecule has 0 aliphatic heterocycles. The van der Waals surface area contributed by atoms with Crippen molar-refractivity contribution in [2.24, 2.45) is 12.8 Å². The van der Waals surface area contributed by atoms with Crippen LogP contribution in [0, 0.1) is 0 Å². The molecule has 0 fully saturated rings. The van der Waals surface area contributed by atoms with Crippen LogP contribution in [0.15, 0.2) is 24.3 Å². The fraction of sp³-hybridized carbons (Fsp3) is 0.167. The van der Waals surface area contributed by atoms with E-state index in [-0.39, 0.29) is 16.9 Å². The van der Waals surface area contributed by atoms with Gasteiger partial charge in [0.15, 0.2) is 5.69 Å². The summed E-state index contributed by atoms with van der Waals surface area (Å²) in [5, 5.41) is 3.40. The number of hydrogen-bond acceptors (Lipinski definition) is 3. The van der Waals surface area contributed by atoms with Gasteiger partial charge in [0.2, 0.25) is 5.91 Å². The molecule has 8 heteroatoms. The van der Waals surface area contributed by atoms with Gasteiger partial charge in [-0.3, -0.25) is 9.48 Å². The number of aryl methyl sites for hydroxylation is 1. The first-order valence-electron chi connectivity index (χ1n) is 5.51. The fourth-order valence-corrected chi connectivity index (χ4v) is 1.81. The molecule has 0 atom stereocenters. The van der Waals surface area contributed by atoms with Gasteiger partial charge in [-0.25, -0.2) is 0 Å². The number of nitrogens with two attached hydrogens (primary N) is 2. The van der Waals surface area contributed by atoms with E-state index >= 15 is 0 Å². The number of aromatic nitrogens is 2. The molecule has 4 N–H and O–H groups in total. The summed E-state index contributed by atoms with van der Waals surface area (Å²) in [6.45, 7) is 0. The van der Waals surface area contributed by atoms with Gasteiger partial charge >= 0.3 is 6.18 Å². The smallest absolute Gasteiger partial charge is 0.398 e. The van der Waals surface area contributed by atoms with Crippen LogP contribution in [0.5, 0.6) is 0 Å². The Bertz CT molecular complexity index is 676. The van der Waals surface area contributed by atoms with Crippen LogP contribution in [0.1, 0.15) is 16.1 Å². The van der Waals surface area contributed by atoms with Crippen molar-refractivity contribution >= 4 is 11.6 Å². The van der Waals surface area contributed by atoms with Crippen molar-refractivity contribution in [2.75, 3.05) is 5.73 Å². The van der Waals surface area contributed by atoms with Crippen LogP contribution in [-0.4, -0.2) is 15.7 Å². The third-order valence-electron chi connectivity index (χ3n) is 2.78. The van der Waals surface area contributed by atoms with Crippen LogP contribution < -0.4 is 11.5 Å². The van der Waals surface area contributed by atoms with Gasteiger partial charge in [-0.15, -0.1) is 0 Å². The quantitative estimate of drug-likeness (QED) is 0.824. The molecule has 0 aliphatic rings. The van der Waals surface area contributed by atoms with Crippen molar-refractivity contribution in [2.45, 2.75) is 6.18 Å². The molecule has 0 saturated carbocycles. The minimum atomic E-state index is -4.53. The maximum Gasteiger partial charge on any atom is 0.435 e. The summed E-state index contributed by atoms with van der Waals surface area (Å²) in [6.07, 6.45) is -4.53. The number of hydrogen-bond donors (Lipinski definition) is 2. The van der Waals surface area contributed by atoms with E-state index < -0.39 is 17.8 Å². The summed E-state index contributed by atoms with van der Waals surface area (Å²) in [5.41, 5.74) is 10.7. The van der Waals surface area contributed by atoms with Gasteiger partial charge < -0.3 is 11.5 Å². The molecule has 0 aliphatic carbocycles. The van der Waals surface area contributed by atoms with Crippen LogP contribution >= 0.6 is 0 Å². The summed E-state index contributed by atoms with van der Waals surface area (Å²) < 4.78 is 38.9. The van der Waals surface area contributed by atoms with E-state index in [4.69, 9.17) is 11.5 Å². The monoisotopic (exact) mass is 284 g/mol. The standard InChI is InChI=1S/C12H11F3N4O/c1-19-9(5-10(18-19)12(13,14)15)7-3-2-6(11(17)20)4-8(7)16/h2-5H,16H2,1H3,(H2,17,20). The van der Waals surface area contributed by atoms with Crippen LogP contribution in [0.25, 0.3) is 11.3 Å². The third kappa shape index (κ3) is 2.44. The van der Waals surface area contributed by atoms with Gasteiger partial charge in [-0.05, 0) is 24.3 Å². The zero-order valence-corrected chi connectivity index (χ0v) is 10.4. The number of primary amides is 1. The number of benzene rings is 1. The Morgan fingerprint density at radius 2 is 1.95 bits per heavy atom. The Balaban J connectivity index is 2.52. The normalized spacial score (nSPS) is 11.6. The highest BCUT2D eigenvalue weighted by Crippen LogP contribution is 2.33. The summed E-state index contributed by atoms with van der Waals surface area (Å²) in [4.78, 5) is 11.0. The molecule has 106 valence electrons. The minimum absolute atomic E-state index is 0.151. The lowest BCUT2D eigenvalue weighted by Gasteiger charge is -2.07. The van der Waals surface area contributed by atoms with Crippen LogP contribution in [0.4, 0.5) is 18.9 Å². The maximum atomic E-state index is 12.6. The van der Waals surface area contributed by atoms with Crippen LogP contribution in [-0.2, 0) is 13.2 Å². The van der Waals surface area contributed by atoms with Crippen molar-refractivity contribution in [3.63, 3.8) is 0 Å². The van der Waals surface area contributed by atoms with Gasteiger partial charge in [0.25, 0.3) is 0 Å². The number of halogens is 3. The first-order valence-corrected chi connectivity index (χ1v) is 5.51. The van der Waals surface area contributed by atoms with Gasteiger partial charge in [-0.2, -0.15) is 18.3 Å². The average molecular weight is 284 g/mol. The molecule has 0 radical (unpaired) electrons. The third-order valence-corrected chi connectivity index (χ3v) is 2.78. The topological polar surface area (TPSA) is 86.9 Å². The van der Waals surface area contributed by atoms with Crippen LogP contribution in [0.3, 0.4) is 0 Å². The summed E-state index contributed by atoms with van der Waals surface area (Å²) >= 11 is 0. The molecule has 0 unspecified atom stereocenters. The zero-order valence-electron chi connectivity index (χ0n) is 10.4. The molecule has 2 aromatic rings. The Morgan fingerprint density at radius 1 is 1.30 bits per heavy atom. The van der Waals surface area contributed by atoms with E-state index in [1.54, 1.807) is 0 Å². The second-order valence-corrected chi connectivity index (χ2v) is 4.20. The molecular weight excluding hydrogens is 273 g/mol. The van der Waals surface area contributed by atoms with Gasteiger partial charge in [-0.1, -0.05) is 0 Å². The number of carbonyl (C=O) groups excluding carboxylic acids is 1. The van der Waals surface area contributed by atoms with E-state index in [1.807, 2.05) is 0 Å². The van der Waals surface area contributed by atoms with Crippen molar-refractivity contribution in [3.05, 3.63) is 35.5 Å². The molecule has 20 heavy (non-hydrogen) atoms. The molecular formula is C12H11F3N4O.